The van der Waals surface area contributed by atoms with Crippen LogP contribution in [-0.4, -0.2) is 35.2 Å². The molecule has 0 bridgehead atoms. The average molecular weight is 297 g/mol. The first-order valence-electron chi connectivity index (χ1n) is 7.06. The van der Waals surface area contributed by atoms with Crippen LogP contribution in [0.5, 0.6) is 0 Å². The zero-order chi connectivity index (χ0) is 14.5. The number of benzene rings is 1. The van der Waals surface area contributed by atoms with Crippen LogP contribution < -0.4 is 5.32 Å². The van der Waals surface area contributed by atoms with E-state index in [1.54, 1.807) is 6.07 Å². The van der Waals surface area contributed by atoms with Gasteiger partial charge in [-0.05, 0) is 50.3 Å². The van der Waals surface area contributed by atoms with E-state index in [1.807, 2.05) is 24.0 Å². The third kappa shape index (κ3) is 4.12. The van der Waals surface area contributed by atoms with Crippen LogP contribution in [0.25, 0.3) is 0 Å². The van der Waals surface area contributed by atoms with Gasteiger partial charge in [0.05, 0.1) is 10.7 Å². The van der Waals surface area contributed by atoms with Crippen molar-refractivity contribution >= 4 is 23.3 Å². The van der Waals surface area contributed by atoms with Crippen molar-refractivity contribution in [2.45, 2.75) is 38.6 Å². The van der Waals surface area contributed by atoms with Crippen LogP contribution in [0.2, 0.25) is 5.02 Å². The van der Waals surface area contributed by atoms with E-state index in [0.29, 0.717) is 23.3 Å². The van der Waals surface area contributed by atoms with Gasteiger partial charge in [0.25, 0.3) is 0 Å². The summed E-state index contributed by atoms with van der Waals surface area (Å²) >= 11 is 6.10. The van der Waals surface area contributed by atoms with Gasteiger partial charge in [0, 0.05) is 19.2 Å². The standard InChI is InChI=1S/C15H21ClN2O2/c1-11-4-7-13(16)14(10-11)17-15(20)18(12-5-6-12)8-2-3-9-19/h4,7,10,12,19H,2-3,5-6,8-9H2,1H3,(H,17,20). The Hall–Kier alpha value is -1.26. The van der Waals surface area contributed by atoms with Crippen molar-refractivity contribution in [1.82, 2.24) is 4.90 Å². The van der Waals surface area contributed by atoms with Crippen LogP contribution in [0.15, 0.2) is 18.2 Å². The molecule has 0 radical (unpaired) electrons. The van der Waals surface area contributed by atoms with Gasteiger partial charge in [-0.15, -0.1) is 0 Å². The summed E-state index contributed by atoms with van der Waals surface area (Å²) in [5.74, 6) is 0. The maximum absolute atomic E-state index is 12.3. The summed E-state index contributed by atoms with van der Waals surface area (Å²) in [6.07, 6.45) is 3.67. The number of hydrogen-bond acceptors (Lipinski definition) is 2. The molecule has 1 fully saturated rings. The van der Waals surface area contributed by atoms with Gasteiger partial charge in [-0.3, -0.25) is 0 Å². The summed E-state index contributed by atoms with van der Waals surface area (Å²) in [4.78, 5) is 14.2. The molecule has 0 saturated heterocycles. The molecule has 0 unspecified atom stereocenters. The summed E-state index contributed by atoms with van der Waals surface area (Å²) in [7, 11) is 0. The number of aryl methyl sites for hydroxylation is 1. The molecule has 1 saturated carbocycles. The fourth-order valence-electron chi connectivity index (χ4n) is 2.15. The highest BCUT2D eigenvalue weighted by Gasteiger charge is 2.32. The van der Waals surface area contributed by atoms with Crippen LogP contribution in [0.4, 0.5) is 10.5 Å². The molecule has 0 atom stereocenters. The number of rotatable bonds is 6. The normalized spacial score (nSPS) is 14.2. The van der Waals surface area contributed by atoms with E-state index in [1.165, 1.54) is 0 Å². The van der Waals surface area contributed by atoms with Gasteiger partial charge in [0.2, 0.25) is 0 Å². The summed E-state index contributed by atoms with van der Waals surface area (Å²) in [6, 6.07) is 5.83. The van der Waals surface area contributed by atoms with Crippen molar-refractivity contribution in [3.63, 3.8) is 0 Å². The summed E-state index contributed by atoms with van der Waals surface area (Å²) in [6.45, 7) is 2.82. The van der Waals surface area contributed by atoms with Crippen molar-refractivity contribution in [2.24, 2.45) is 0 Å². The minimum Gasteiger partial charge on any atom is -0.396 e. The summed E-state index contributed by atoms with van der Waals surface area (Å²) in [5.41, 5.74) is 1.72. The number of carbonyl (C=O) groups excluding carboxylic acids is 1. The van der Waals surface area contributed by atoms with Crippen molar-refractivity contribution < 1.29 is 9.90 Å². The van der Waals surface area contributed by atoms with Crippen molar-refractivity contribution in [3.8, 4) is 0 Å². The molecular formula is C15H21ClN2O2. The molecule has 20 heavy (non-hydrogen) atoms. The number of nitrogens with one attached hydrogen (secondary N) is 1. The molecule has 0 aliphatic heterocycles. The molecule has 1 aromatic carbocycles. The number of nitrogens with zero attached hydrogens (tertiary/aromatic N) is 1. The molecule has 1 aliphatic carbocycles. The molecule has 110 valence electrons. The van der Waals surface area contributed by atoms with E-state index in [4.69, 9.17) is 16.7 Å². The lowest BCUT2D eigenvalue weighted by molar-refractivity contribution is 0.204. The Balaban J connectivity index is 1.98. The Morgan fingerprint density at radius 3 is 2.85 bits per heavy atom. The van der Waals surface area contributed by atoms with Crippen LogP contribution in [0.1, 0.15) is 31.2 Å². The van der Waals surface area contributed by atoms with Crippen molar-refractivity contribution in [1.29, 1.82) is 0 Å². The van der Waals surface area contributed by atoms with Gasteiger partial charge in [-0.2, -0.15) is 0 Å². The van der Waals surface area contributed by atoms with E-state index in [-0.39, 0.29) is 12.6 Å². The summed E-state index contributed by atoms with van der Waals surface area (Å²) in [5, 5.41) is 12.3. The minimum atomic E-state index is -0.0991. The molecule has 1 aromatic rings. The van der Waals surface area contributed by atoms with Gasteiger partial charge >= 0.3 is 6.03 Å². The number of anilines is 1. The molecule has 0 aromatic heterocycles. The largest absolute Gasteiger partial charge is 0.396 e. The van der Waals surface area contributed by atoms with Gasteiger partial charge in [-0.1, -0.05) is 17.7 Å². The second-order valence-corrected chi connectivity index (χ2v) is 5.68. The van der Waals surface area contributed by atoms with Crippen LogP contribution in [-0.2, 0) is 0 Å². The third-order valence-electron chi connectivity index (χ3n) is 3.42. The number of hydrogen-bond donors (Lipinski definition) is 2. The van der Waals surface area contributed by atoms with E-state index >= 15 is 0 Å². The molecule has 2 rings (SSSR count). The van der Waals surface area contributed by atoms with E-state index in [0.717, 1.165) is 31.2 Å². The molecule has 0 heterocycles. The highest BCUT2D eigenvalue weighted by Crippen LogP contribution is 2.29. The minimum absolute atomic E-state index is 0.0991. The zero-order valence-electron chi connectivity index (χ0n) is 11.7. The van der Waals surface area contributed by atoms with Crippen molar-refractivity contribution in [2.75, 3.05) is 18.5 Å². The Kier molecular flexibility index (Phi) is 5.26. The molecule has 5 heteroatoms. The van der Waals surface area contributed by atoms with Gasteiger partial charge in [0.15, 0.2) is 0 Å². The fourth-order valence-corrected chi connectivity index (χ4v) is 2.32. The Morgan fingerprint density at radius 1 is 1.45 bits per heavy atom. The van der Waals surface area contributed by atoms with Gasteiger partial charge in [-0.25, -0.2) is 4.79 Å². The zero-order valence-corrected chi connectivity index (χ0v) is 12.5. The number of aliphatic hydroxyl groups is 1. The van der Waals surface area contributed by atoms with E-state index in [2.05, 4.69) is 5.32 Å². The first kappa shape index (κ1) is 15.1. The van der Waals surface area contributed by atoms with Crippen LogP contribution in [0, 0.1) is 6.92 Å². The van der Waals surface area contributed by atoms with E-state index in [9.17, 15) is 4.79 Å². The van der Waals surface area contributed by atoms with Gasteiger partial charge in [0.1, 0.15) is 0 Å². The number of amides is 2. The SMILES string of the molecule is Cc1ccc(Cl)c(NC(=O)N(CCCCO)C2CC2)c1. The average Bonchev–Trinajstić information content (AvgIpc) is 3.23. The molecule has 2 N–H and O–H groups in total. The van der Waals surface area contributed by atoms with E-state index < -0.39 is 0 Å². The fraction of sp³-hybridized carbons (Fsp3) is 0.533. The Morgan fingerprint density at radius 2 is 2.20 bits per heavy atom. The second-order valence-electron chi connectivity index (χ2n) is 5.27. The lowest BCUT2D eigenvalue weighted by Crippen LogP contribution is -2.37. The molecule has 1 aliphatic rings. The monoisotopic (exact) mass is 296 g/mol. The maximum atomic E-state index is 12.3. The second kappa shape index (κ2) is 6.95. The molecule has 4 nitrogen and oxygen atoms in total. The first-order valence-corrected chi connectivity index (χ1v) is 7.44. The lowest BCUT2D eigenvalue weighted by Gasteiger charge is -2.23. The quantitative estimate of drug-likeness (QED) is 0.790. The first-order chi connectivity index (χ1) is 9.61. The number of aliphatic hydroxyl groups excluding tert-OH is 1. The topological polar surface area (TPSA) is 52.6 Å². The van der Waals surface area contributed by atoms with Gasteiger partial charge < -0.3 is 15.3 Å². The Bertz CT molecular complexity index is 475. The third-order valence-corrected chi connectivity index (χ3v) is 3.75. The smallest absolute Gasteiger partial charge is 0.322 e. The maximum Gasteiger partial charge on any atom is 0.322 e. The number of unbranched alkanes of at least 4 members (excludes halogenated alkanes) is 1. The van der Waals surface area contributed by atoms with Crippen LogP contribution in [0.3, 0.4) is 0 Å². The highest BCUT2D eigenvalue weighted by atomic mass is 35.5. The number of carbonyl (C=O) groups is 1. The predicted molar refractivity (Wildman–Crippen MR) is 81.3 cm³/mol. The van der Waals surface area contributed by atoms with Crippen molar-refractivity contribution in [3.05, 3.63) is 28.8 Å². The number of halogens is 1. The summed E-state index contributed by atoms with van der Waals surface area (Å²) < 4.78 is 0. The van der Waals surface area contributed by atoms with Crippen LogP contribution >= 0.6 is 11.6 Å². The lowest BCUT2D eigenvalue weighted by atomic mass is 10.2. The Labute approximate surface area is 124 Å². The molecule has 0 spiro atoms. The molecule has 2 amide bonds. The number of urea groups is 1. The highest BCUT2D eigenvalue weighted by molar-refractivity contribution is 6.33. The molecular weight excluding hydrogens is 276 g/mol. The predicted octanol–water partition coefficient (Wildman–Crippen LogP) is 3.42.